The Labute approximate surface area is 116 Å². The molecule has 0 aliphatic carbocycles. The average Bonchev–Trinajstić information content (AvgIpc) is 3.12. The van der Waals surface area contributed by atoms with Crippen LogP contribution in [0.3, 0.4) is 0 Å². The second kappa shape index (κ2) is 6.02. The highest BCUT2D eigenvalue weighted by atomic mass is 16.1. The van der Waals surface area contributed by atoms with Gasteiger partial charge in [0.2, 0.25) is 0 Å². The molecular formula is C13H16N6O. The highest BCUT2D eigenvalue weighted by Crippen LogP contribution is 2.14. The number of aryl methyl sites for hydroxylation is 1. The lowest BCUT2D eigenvalue weighted by Gasteiger charge is -2.16. The van der Waals surface area contributed by atoms with Crippen molar-refractivity contribution in [2.45, 2.75) is 32.9 Å². The number of rotatable bonds is 5. The summed E-state index contributed by atoms with van der Waals surface area (Å²) in [4.78, 5) is 19.1. The summed E-state index contributed by atoms with van der Waals surface area (Å²) >= 11 is 0. The fourth-order valence-electron chi connectivity index (χ4n) is 1.96. The first kappa shape index (κ1) is 13.8. The summed E-state index contributed by atoms with van der Waals surface area (Å²) in [7, 11) is 0. The molecule has 7 nitrogen and oxygen atoms in total. The second-order valence-corrected chi connectivity index (χ2v) is 4.28. The largest absolute Gasteiger partial charge is 0.356 e. The lowest BCUT2D eigenvalue weighted by Crippen LogP contribution is -2.30. The zero-order chi connectivity index (χ0) is 14.5. The molecular weight excluding hydrogens is 256 g/mol. The van der Waals surface area contributed by atoms with Crippen molar-refractivity contribution in [3.05, 3.63) is 35.7 Å². The van der Waals surface area contributed by atoms with E-state index in [0.717, 1.165) is 5.82 Å². The van der Waals surface area contributed by atoms with E-state index in [1.807, 2.05) is 19.9 Å². The molecule has 104 valence electrons. The van der Waals surface area contributed by atoms with Gasteiger partial charge in [-0.2, -0.15) is 10.4 Å². The summed E-state index contributed by atoms with van der Waals surface area (Å²) in [5.74, 6) is 0.472. The van der Waals surface area contributed by atoms with Crippen LogP contribution in [0.1, 0.15) is 48.2 Å². The van der Waals surface area contributed by atoms with E-state index >= 15 is 0 Å². The van der Waals surface area contributed by atoms with Crippen molar-refractivity contribution in [1.82, 2.24) is 25.1 Å². The summed E-state index contributed by atoms with van der Waals surface area (Å²) in [6.45, 7) is 4.63. The zero-order valence-corrected chi connectivity index (χ0v) is 11.4. The third-order valence-corrected chi connectivity index (χ3v) is 3.03. The molecule has 7 heteroatoms. The number of amides is 1. The number of hydrogen-bond acceptors (Lipinski definition) is 4. The van der Waals surface area contributed by atoms with Gasteiger partial charge < -0.3 is 10.3 Å². The number of carbonyl (C=O) groups is 1. The fourth-order valence-corrected chi connectivity index (χ4v) is 1.96. The van der Waals surface area contributed by atoms with Crippen LogP contribution in [0, 0.1) is 11.3 Å². The minimum atomic E-state index is -0.260. The molecule has 0 bridgehead atoms. The van der Waals surface area contributed by atoms with Gasteiger partial charge >= 0.3 is 0 Å². The summed E-state index contributed by atoms with van der Waals surface area (Å²) < 4.78 is 1.75. The third kappa shape index (κ3) is 2.69. The van der Waals surface area contributed by atoms with Crippen LogP contribution in [0.5, 0.6) is 0 Å². The molecule has 0 saturated carbocycles. The van der Waals surface area contributed by atoms with E-state index in [2.05, 4.69) is 20.4 Å². The van der Waals surface area contributed by atoms with Gasteiger partial charge in [-0.3, -0.25) is 4.79 Å². The van der Waals surface area contributed by atoms with E-state index < -0.39 is 0 Å². The van der Waals surface area contributed by atoms with Crippen molar-refractivity contribution in [3.8, 4) is 6.07 Å². The predicted molar refractivity (Wildman–Crippen MR) is 71.7 cm³/mol. The minimum absolute atomic E-state index is 0.209. The van der Waals surface area contributed by atoms with Crippen LogP contribution in [0.25, 0.3) is 0 Å². The van der Waals surface area contributed by atoms with Gasteiger partial charge in [0.25, 0.3) is 5.91 Å². The maximum absolute atomic E-state index is 12.1. The second-order valence-electron chi connectivity index (χ2n) is 4.28. The highest BCUT2D eigenvalue weighted by Gasteiger charge is 2.19. The molecule has 0 aliphatic rings. The monoisotopic (exact) mass is 272 g/mol. The van der Waals surface area contributed by atoms with Crippen molar-refractivity contribution in [1.29, 1.82) is 5.26 Å². The number of aromatic nitrogens is 4. The van der Waals surface area contributed by atoms with Gasteiger partial charge in [-0.25, -0.2) is 9.67 Å². The Hall–Kier alpha value is -2.62. The van der Waals surface area contributed by atoms with E-state index in [1.165, 1.54) is 18.6 Å². The first-order valence-corrected chi connectivity index (χ1v) is 6.46. The average molecular weight is 272 g/mol. The van der Waals surface area contributed by atoms with Crippen LogP contribution in [0.15, 0.2) is 18.6 Å². The Morgan fingerprint density at radius 3 is 3.00 bits per heavy atom. The van der Waals surface area contributed by atoms with Crippen LogP contribution in [0.4, 0.5) is 0 Å². The number of nitriles is 1. The molecule has 2 heterocycles. The number of aromatic amines is 1. The van der Waals surface area contributed by atoms with Crippen molar-refractivity contribution in [2.75, 3.05) is 0 Å². The molecule has 0 aromatic carbocycles. The first-order valence-electron chi connectivity index (χ1n) is 6.46. The molecule has 2 aromatic rings. The number of carbonyl (C=O) groups excluding carboxylic acids is 1. The summed E-state index contributed by atoms with van der Waals surface area (Å²) in [6, 6.07) is 3.29. The molecule has 20 heavy (non-hydrogen) atoms. The Kier molecular flexibility index (Phi) is 4.15. The standard InChI is InChI=1S/C13H16N6O/c1-3-10(12-16-8-17-19(12)4-2)18-13(20)11-5-9(6-14)7-15-11/h5,7-8,10,15H,3-4H2,1-2H3,(H,18,20)/t10-/m0/s1. The summed E-state index contributed by atoms with van der Waals surface area (Å²) in [5, 5.41) is 15.8. The molecule has 2 N–H and O–H groups in total. The van der Waals surface area contributed by atoms with E-state index in [-0.39, 0.29) is 11.9 Å². The Balaban J connectivity index is 2.14. The lowest BCUT2D eigenvalue weighted by molar-refractivity contribution is 0.0928. The predicted octanol–water partition coefficient (Wildman–Crippen LogP) is 1.38. The summed E-state index contributed by atoms with van der Waals surface area (Å²) in [5.41, 5.74) is 0.794. The molecule has 0 spiro atoms. The van der Waals surface area contributed by atoms with Crippen molar-refractivity contribution in [2.24, 2.45) is 0 Å². The lowest BCUT2D eigenvalue weighted by atomic mass is 10.2. The first-order chi connectivity index (χ1) is 9.69. The molecule has 2 rings (SSSR count). The maximum atomic E-state index is 12.1. The van der Waals surface area contributed by atoms with Crippen molar-refractivity contribution < 1.29 is 4.79 Å². The van der Waals surface area contributed by atoms with E-state index in [4.69, 9.17) is 5.26 Å². The van der Waals surface area contributed by atoms with Gasteiger partial charge in [-0.05, 0) is 19.4 Å². The number of hydrogen-bond donors (Lipinski definition) is 2. The van der Waals surface area contributed by atoms with E-state index in [9.17, 15) is 4.79 Å². The normalized spacial score (nSPS) is 11.8. The number of H-pyrrole nitrogens is 1. The van der Waals surface area contributed by atoms with Crippen molar-refractivity contribution in [3.63, 3.8) is 0 Å². The van der Waals surface area contributed by atoms with E-state index in [0.29, 0.717) is 24.2 Å². The van der Waals surface area contributed by atoms with Gasteiger partial charge in [0, 0.05) is 12.7 Å². The van der Waals surface area contributed by atoms with Gasteiger partial charge in [-0.1, -0.05) is 6.92 Å². The topological polar surface area (TPSA) is 99.4 Å². The van der Waals surface area contributed by atoms with Crippen molar-refractivity contribution >= 4 is 5.91 Å². The summed E-state index contributed by atoms with van der Waals surface area (Å²) in [6.07, 6.45) is 3.69. The quantitative estimate of drug-likeness (QED) is 0.858. The highest BCUT2D eigenvalue weighted by molar-refractivity contribution is 5.93. The maximum Gasteiger partial charge on any atom is 0.268 e. The molecule has 0 radical (unpaired) electrons. The Morgan fingerprint density at radius 2 is 2.40 bits per heavy atom. The van der Waals surface area contributed by atoms with Crippen LogP contribution in [-0.2, 0) is 6.54 Å². The number of nitrogens with zero attached hydrogens (tertiary/aromatic N) is 4. The third-order valence-electron chi connectivity index (χ3n) is 3.03. The number of nitrogens with one attached hydrogen (secondary N) is 2. The van der Waals surface area contributed by atoms with Crippen LogP contribution >= 0.6 is 0 Å². The van der Waals surface area contributed by atoms with Gasteiger partial charge in [0.15, 0.2) is 0 Å². The molecule has 0 aliphatic heterocycles. The smallest absolute Gasteiger partial charge is 0.268 e. The van der Waals surface area contributed by atoms with Gasteiger partial charge in [0.1, 0.15) is 23.9 Å². The molecule has 1 amide bonds. The van der Waals surface area contributed by atoms with Crippen LogP contribution < -0.4 is 5.32 Å². The van der Waals surface area contributed by atoms with Crippen LogP contribution in [0.2, 0.25) is 0 Å². The molecule has 2 aromatic heterocycles. The van der Waals surface area contributed by atoms with E-state index in [1.54, 1.807) is 4.68 Å². The molecule has 0 saturated heterocycles. The fraction of sp³-hybridized carbons (Fsp3) is 0.385. The SMILES string of the molecule is CC[C@H](NC(=O)c1cc(C#N)c[nH]1)c1ncnn1CC. The zero-order valence-electron chi connectivity index (χ0n) is 11.4. The van der Waals surface area contributed by atoms with Gasteiger partial charge in [0.05, 0.1) is 11.6 Å². The minimum Gasteiger partial charge on any atom is -0.356 e. The molecule has 0 fully saturated rings. The van der Waals surface area contributed by atoms with Crippen LogP contribution in [-0.4, -0.2) is 25.7 Å². The molecule has 0 unspecified atom stereocenters. The molecule has 1 atom stereocenters. The van der Waals surface area contributed by atoms with Gasteiger partial charge in [-0.15, -0.1) is 0 Å². The Morgan fingerprint density at radius 1 is 1.60 bits per heavy atom. The Bertz CT molecular complexity index is 635.